The van der Waals surface area contributed by atoms with E-state index in [0.717, 1.165) is 22.8 Å². The summed E-state index contributed by atoms with van der Waals surface area (Å²) in [5.41, 5.74) is 1.71. The van der Waals surface area contributed by atoms with Crippen LogP contribution in [-0.4, -0.2) is 39.6 Å². The highest BCUT2D eigenvalue weighted by Crippen LogP contribution is 2.32. The van der Waals surface area contributed by atoms with Gasteiger partial charge in [0.1, 0.15) is 0 Å². The number of carbonyl (C=O) groups is 1. The lowest BCUT2D eigenvalue weighted by Gasteiger charge is -2.17. The number of benzene rings is 1. The topological polar surface area (TPSA) is 77.4 Å². The third kappa shape index (κ3) is 3.50. The number of likely N-dealkylation sites (N-methyl/N-ethyl adjacent to an activating group) is 1. The number of thiazole rings is 1. The first-order valence-electron chi connectivity index (χ1n) is 8.03. The summed E-state index contributed by atoms with van der Waals surface area (Å²) in [7, 11) is 1.78. The zero-order chi connectivity index (χ0) is 17.9. The molecule has 0 N–H and O–H groups in total. The van der Waals surface area contributed by atoms with Crippen molar-refractivity contribution in [3.8, 4) is 22.3 Å². The Labute approximate surface area is 154 Å². The molecule has 0 unspecified atom stereocenters. The molecule has 0 saturated heterocycles. The number of rotatable bonds is 5. The van der Waals surface area contributed by atoms with Crippen LogP contribution in [0.2, 0.25) is 0 Å². The monoisotopic (exact) mass is 368 g/mol. The molecule has 0 radical (unpaired) electrons. The second-order valence-electron chi connectivity index (χ2n) is 5.83. The predicted octanol–water partition coefficient (Wildman–Crippen LogP) is 2.53. The van der Waals surface area contributed by atoms with Gasteiger partial charge in [0.15, 0.2) is 22.3 Å². The van der Waals surface area contributed by atoms with Gasteiger partial charge in [-0.05, 0) is 23.8 Å². The lowest BCUT2D eigenvalue weighted by molar-refractivity contribution is -0.129. The molecule has 0 bridgehead atoms. The molecule has 0 aliphatic carbocycles. The summed E-state index contributed by atoms with van der Waals surface area (Å²) in [5, 5.41) is 2.59. The van der Waals surface area contributed by atoms with E-state index in [9.17, 15) is 4.79 Å². The maximum Gasteiger partial charge on any atom is 0.231 e. The van der Waals surface area contributed by atoms with Crippen molar-refractivity contribution >= 4 is 17.2 Å². The minimum absolute atomic E-state index is 0.00602. The van der Waals surface area contributed by atoms with Crippen LogP contribution < -0.4 is 9.47 Å². The van der Waals surface area contributed by atoms with Gasteiger partial charge in [-0.1, -0.05) is 6.07 Å². The summed E-state index contributed by atoms with van der Waals surface area (Å²) in [6, 6.07) is 7.46. The van der Waals surface area contributed by atoms with Gasteiger partial charge in [-0.2, -0.15) is 0 Å². The minimum atomic E-state index is -0.00602. The van der Waals surface area contributed by atoms with Crippen molar-refractivity contribution in [2.45, 2.75) is 13.0 Å². The standard InChI is InChI=1S/C18H16N4O3S/c1-22(9-12-3-4-14-15(7-12)25-11-24-14)16(23)8-13-10-26-18(21-13)17-19-5-2-6-20-17/h2-7,10H,8-9,11H2,1H3. The van der Waals surface area contributed by atoms with Crippen LogP contribution in [0.3, 0.4) is 0 Å². The molecule has 4 rings (SSSR count). The van der Waals surface area contributed by atoms with Crippen molar-refractivity contribution < 1.29 is 14.3 Å². The normalized spacial score (nSPS) is 12.2. The molecule has 1 aliphatic heterocycles. The van der Waals surface area contributed by atoms with Gasteiger partial charge >= 0.3 is 0 Å². The van der Waals surface area contributed by atoms with E-state index in [0.29, 0.717) is 17.4 Å². The number of fused-ring (bicyclic) bond motifs is 1. The average Bonchev–Trinajstić information content (AvgIpc) is 3.31. The fourth-order valence-electron chi connectivity index (χ4n) is 2.59. The van der Waals surface area contributed by atoms with Gasteiger partial charge in [0, 0.05) is 31.4 Å². The molecule has 1 aliphatic rings. The molecule has 0 saturated carbocycles. The molecular weight excluding hydrogens is 352 g/mol. The van der Waals surface area contributed by atoms with Crippen molar-refractivity contribution in [1.82, 2.24) is 19.9 Å². The molecule has 3 aromatic rings. The highest BCUT2D eigenvalue weighted by atomic mass is 32.1. The van der Waals surface area contributed by atoms with Gasteiger partial charge in [0.25, 0.3) is 0 Å². The number of amides is 1. The smallest absolute Gasteiger partial charge is 0.231 e. The largest absolute Gasteiger partial charge is 0.454 e. The first-order chi connectivity index (χ1) is 12.7. The number of nitrogens with zero attached hydrogens (tertiary/aromatic N) is 4. The van der Waals surface area contributed by atoms with Crippen LogP contribution in [0.15, 0.2) is 42.0 Å². The fourth-order valence-corrected chi connectivity index (χ4v) is 3.36. The van der Waals surface area contributed by atoms with Crippen LogP contribution in [0.25, 0.3) is 10.8 Å². The van der Waals surface area contributed by atoms with Crippen LogP contribution in [0.4, 0.5) is 0 Å². The van der Waals surface area contributed by atoms with E-state index in [1.165, 1.54) is 11.3 Å². The van der Waals surface area contributed by atoms with Crippen molar-refractivity contribution in [2.24, 2.45) is 0 Å². The molecule has 8 heteroatoms. The van der Waals surface area contributed by atoms with Gasteiger partial charge in [0.2, 0.25) is 12.7 Å². The predicted molar refractivity (Wildman–Crippen MR) is 95.9 cm³/mol. The molecule has 2 aromatic heterocycles. The summed E-state index contributed by atoms with van der Waals surface area (Å²) >= 11 is 1.44. The fraction of sp³-hybridized carbons (Fsp3) is 0.222. The lowest BCUT2D eigenvalue weighted by Crippen LogP contribution is -2.27. The second kappa shape index (κ2) is 7.09. The van der Waals surface area contributed by atoms with E-state index in [4.69, 9.17) is 9.47 Å². The molecule has 1 amide bonds. The second-order valence-corrected chi connectivity index (χ2v) is 6.69. The van der Waals surface area contributed by atoms with E-state index in [2.05, 4.69) is 15.0 Å². The molecule has 0 spiro atoms. The summed E-state index contributed by atoms with van der Waals surface area (Å²) in [6.07, 6.45) is 3.59. The van der Waals surface area contributed by atoms with Gasteiger partial charge in [-0.25, -0.2) is 15.0 Å². The minimum Gasteiger partial charge on any atom is -0.454 e. The van der Waals surface area contributed by atoms with Crippen molar-refractivity contribution in [2.75, 3.05) is 13.8 Å². The highest BCUT2D eigenvalue weighted by molar-refractivity contribution is 7.13. The Balaban J connectivity index is 1.39. The van der Waals surface area contributed by atoms with Crippen LogP contribution >= 0.6 is 11.3 Å². The number of hydrogen-bond donors (Lipinski definition) is 0. The first kappa shape index (κ1) is 16.5. The number of hydrogen-bond acceptors (Lipinski definition) is 7. The van der Waals surface area contributed by atoms with E-state index < -0.39 is 0 Å². The molecule has 0 fully saturated rings. The van der Waals surface area contributed by atoms with Crippen LogP contribution in [0.5, 0.6) is 11.5 Å². The third-order valence-corrected chi connectivity index (χ3v) is 4.81. The molecule has 1 aromatic carbocycles. The molecule has 3 heterocycles. The average molecular weight is 368 g/mol. The Morgan fingerprint density at radius 2 is 2.04 bits per heavy atom. The maximum absolute atomic E-state index is 12.5. The Morgan fingerprint density at radius 1 is 1.23 bits per heavy atom. The molecule has 26 heavy (non-hydrogen) atoms. The summed E-state index contributed by atoms with van der Waals surface area (Å²) in [5.74, 6) is 2.02. The number of carbonyl (C=O) groups excluding carboxylic acids is 1. The quantitative estimate of drug-likeness (QED) is 0.689. The summed E-state index contributed by atoms with van der Waals surface area (Å²) < 4.78 is 10.7. The third-order valence-electron chi connectivity index (χ3n) is 3.92. The lowest BCUT2D eigenvalue weighted by atomic mass is 10.2. The van der Waals surface area contributed by atoms with Crippen LogP contribution in [-0.2, 0) is 17.8 Å². The molecule has 132 valence electrons. The molecule has 7 nitrogen and oxygen atoms in total. The van der Waals surface area contributed by atoms with Gasteiger partial charge in [0.05, 0.1) is 12.1 Å². The number of ether oxygens (including phenoxy) is 2. The highest BCUT2D eigenvalue weighted by Gasteiger charge is 2.17. The first-order valence-corrected chi connectivity index (χ1v) is 8.91. The Morgan fingerprint density at radius 3 is 2.88 bits per heavy atom. The Hall–Kier alpha value is -3.00. The van der Waals surface area contributed by atoms with Gasteiger partial charge < -0.3 is 14.4 Å². The van der Waals surface area contributed by atoms with Crippen molar-refractivity contribution in [3.05, 3.63) is 53.3 Å². The van der Waals surface area contributed by atoms with E-state index in [1.807, 2.05) is 23.6 Å². The number of aromatic nitrogens is 3. The summed E-state index contributed by atoms with van der Waals surface area (Å²) in [6.45, 7) is 0.735. The van der Waals surface area contributed by atoms with Crippen LogP contribution in [0.1, 0.15) is 11.3 Å². The van der Waals surface area contributed by atoms with Crippen molar-refractivity contribution in [1.29, 1.82) is 0 Å². The van der Waals surface area contributed by atoms with Crippen molar-refractivity contribution in [3.63, 3.8) is 0 Å². The molecule has 0 atom stereocenters. The maximum atomic E-state index is 12.5. The SMILES string of the molecule is CN(Cc1ccc2c(c1)OCO2)C(=O)Cc1csc(-c2ncccn2)n1. The van der Waals surface area contributed by atoms with Gasteiger partial charge in [-0.3, -0.25) is 4.79 Å². The molecular formula is C18H16N4O3S. The Bertz CT molecular complexity index is 929. The van der Waals surface area contributed by atoms with E-state index in [1.54, 1.807) is 30.4 Å². The van der Waals surface area contributed by atoms with E-state index >= 15 is 0 Å². The Kier molecular flexibility index (Phi) is 4.49. The summed E-state index contributed by atoms with van der Waals surface area (Å²) in [4.78, 5) is 27.0. The zero-order valence-electron chi connectivity index (χ0n) is 14.1. The van der Waals surface area contributed by atoms with Gasteiger partial charge in [-0.15, -0.1) is 11.3 Å². The van der Waals surface area contributed by atoms with Crippen LogP contribution in [0, 0.1) is 0 Å². The van der Waals surface area contributed by atoms with E-state index in [-0.39, 0.29) is 19.1 Å². The zero-order valence-corrected chi connectivity index (χ0v) is 14.9.